The Hall–Kier alpha value is -2.84. The molecule has 8 nitrogen and oxygen atoms in total. The van der Waals surface area contributed by atoms with Gasteiger partial charge in [0.05, 0.1) is 30.1 Å². The summed E-state index contributed by atoms with van der Waals surface area (Å²) in [4.78, 5) is 34.2. The number of rotatable bonds is 7. The van der Waals surface area contributed by atoms with E-state index >= 15 is 0 Å². The molecule has 0 aromatic heterocycles. The van der Waals surface area contributed by atoms with Crippen molar-refractivity contribution in [2.45, 2.75) is 12.5 Å². The number of nitro groups is 1. The first kappa shape index (κ1) is 20.5. The monoisotopic (exact) mass is 412 g/mol. The minimum atomic E-state index is -1.22. The number of halogens is 2. The molecule has 1 atom stereocenters. The average Bonchev–Trinajstić information content (AvgIpc) is 2.60. The van der Waals surface area contributed by atoms with Crippen LogP contribution in [0.25, 0.3) is 0 Å². The molecular weight excluding hydrogens is 399 g/mol. The second-order valence-corrected chi connectivity index (χ2v) is 6.28. The van der Waals surface area contributed by atoms with Crippen LogP contribution in [0.5, 0.6) is 5.75 Å². The molecule has 2 aromatic carbocycles. The van der Waals surface area contributed by atoms with Crippen molar-refractivity contribution in [3.63, 3.8) is 0 Å². The minimum absolute atomic E-state index is 0.0851. The molecule has 2 N–H and O–H groups in total. The topological polar surface area (TPSA) is 119 Å². The highest BCUT2D eigenvalue weighted by atomic mass is 35.5. The number of carbonyl (C=O) groups is 2. The maximum atomic E-state index is 12.7. The molecule has 0 fully saturated rings. The number of hydrogen-bond donors (Lipinski definition) is 2. The summed E-state index contributed by atoms with van der Waals surface area (Å²) >= 11 is 12.0. The van der Waals surface area contributed by atoms with Gasteiger partial charge in [0, 0.05) is 27.7 Å². The molecule has 0 heterocycles. The molecule has 0 spiro atoms. The van der Waals surface area contributed by atoms with Gasteiger partial charge in [-0.1, -0.05) is 23.2 Å². The van der Waals surface area contributed by atoms with Crippen molar-refractivity contribution in [1.29, 1.82) is 0 Å². The van der Waals surface area contributed by atoms with E-state index in [0.717, 1.165) is 6.07 Å². The summed E-state index contributed by atoms with van der Waals surface area (Å²) in [5.41, 5.74) is -0.0797. The number of nitrogens with zero attached hydrogens (tertiary/aromatic N) is 1. The average molecular weight is 413 g/mol. The van der Waals surface area contributed by atoms with Crippen LogP contribution in [0.3, 0.4) is 0 Å². The number of amides is 1. The molecule has 0 radical (unpaired) electrons. The van der Waals surface area contributed by atoms with Gasteiger partial charge in [-0.05, 0) is 24.3 Å². The molecule has 2 aromatic rings. The van der Waals surface area contributed by atoms with E-state index in [2.05, 4.69) is 5.32 Å². The molecule has 0 saturated heterocycles. The van der Waals surface area contributed by atoms with Gasteiger partial charge in [0.1, 0.15) is 5.75 Å². The maximum absolute atomic E-state index is 12.7. The van der Waals surface area contributed by atoms with Crippen LogP contribution < -0.4 is 10.1 Å². The summed E-state index contributed by atoms with van der Waals surface area (Å²) in [6.07, 6.45) is -0.532. The van der Waals surface area contributed by atoms with Gasteiger partial charge in [-0.25, -0.2) is 0 Å². The molecule has 0 aliphatic heterocycles. The van der Waals surface area contributed by atoms with E-state index in [1.54, 1.807) is 0 Å². The van der Waals surface area contributed by atoms with Crippen molar-refractivity contribution < 1.29 is 24.4 Å². The van der Waals surface area contributed by atoms with E-state index in [1.165, 1.54) is 37.4 Å². The van der Waals surface area contributed by atoms with Crippen molar-refractivity contribution in [2.24, 2.45) is 0 Å². The van der Waals surface area contributed by atoms with Crippen molar-refractivity contribution in [3.8, 4) is 5.75 Å². The third kappa shape index (κ3) is 5.08. The number of methoxy groups -OCH3 is 1. The van der Waals surface area contributed by atoms with Gasteiger partial charge >= 0.3 is 5.97 Å². The normalized spacial score (nSPS) is 11.5. The number of nitro benzene ring substituents is 1. The van der Waals surface area contributed by atoms with Crippen LogP contribution in [0, 0.1) is 10.1 Å². The maximum Gasteiger partial charge on any atom is 0.305 e. The van der Waals surface area contributed by atoms with E-state index in [0.29, 0.717) is 0 Å². The third-order valence-electron chi connectivity index (χ3n) is 3.66. The Kier molecular flexibility index (Phi) is 6.59. The zero-order chi connectivity index (χ0) is 20.1. The van der Waals surface area contributed by atoms with E-state index in [-0.39, 0.29) is 32.6 Å². The van der Waals surface area contributed by atoms with Gasteiger partial charge in [-0.3, -0.25) is 19.7 Å². The Balaban J connectivity index is 2.42. The molecular formula is C17H14Cl2N2O6. The fraction of sp³-hybridized carbons (Fsp3) is 0.176. The molecule has 0 aliphatic rings. The largest absolute Gasteiger partial charge is 0.496 e. The van der Waals surface area contributed by atoms with Crippen LogP contribution in [0.4, 0.5) is 5.69 Å². The van der Waals surface area contributed by atoms with Gasteiger partial charge in [0.2, 0.25) is 0 Å². The van der Waals surface area contributed by atoms with E-state index in [1.807, 2.05) is 0 Å². The van der Waals surface area contributed by atoms with Crippen LogP contribution in [0.1, 0.15) is 28.4 Å². The zero-order valence-corrected chi connectivity index (χ0v) is 15.5. The number of nitrogens with one attached hydrogen (secondary N) is 1. The molecule has 2 rings (SSSR count). The molecule has 27 heavy (non-hydrogen) atoms. The third-order valence-corrected chi connectivity index (χ3v) is 4.24. The second kappa shape index (κ2) is 8.70. The molecule has 1 amide bonds. The lowest BCUT2D eigenvalue weighted by molar-refractivity contribution is -0.384. The quantitative estimate of drug-likeness (QED) is 0.526. The highest BCUT2D eigenvalue weighted by Gasteiger charge is 2.24. The minimum Gasteiger partial charge on any atom is -0.496 e. The predicted octanol–water partition coefficient (Wildman–Crippen LogP) is 3.86. The smallest absolute Gasteiger partial charge is 0.305 e. The lowest BCUT2D eigenvalue weighted by Gasteiger charge is -2.19. The van der Waals surface area contributed by atoms with E-state index in [9.17, 15) is 19.7 Å². The van der Waals surface area contributed by atoms with Gasteiger partial charge in [0.15, 0.2) is 0 Å². The lowest BCUT2D eigenvalue weighted by Crippen LogP contribution is -2.30. The molecule has 1 unspecified atom stereocenters. The van der Waals surface area contributed by atoms with Crippen molar-refractivity contribution >= 4 is 40.8 Å². The summed E-state index contributed by atoms with van der Waals surface area (Å²) in [5.74, 6) is -1.65. The Morgan fingerprint density at radius 3 is 2.56 bits per heavy atom. The number of carboxylic acids is 1. The summed E-state index contributed by atoms with van der Waals surface area (Å²) < 4.78 is 5.11. The van der Waals surface area contributed by atoms with Crippen LogP contribution in [-0.2, 0) is 4.79 Å². The first-order chi connectivity index (χ1) is 12.7. The van der Waals surface area contributed by atoms with Gasteiger partial charge in [-0.15, -0.1) is 0 Å². The Labute approximate surface area is 163 Å². The van der Waals surface area contributed by atoms with E-state index in [4.69, 9.17) is 33.0 Å². The number of ether oxygens (including phenoxy) is 1. The Morgan fingerprint density at radius 1 is 1.26 bits per heavy atom. The Bertz CT molecular complexity index is 903. The van der Waals surface area contributed by atoms with Gasteiger partial charge in [0.25, 0.3) is 11.6 Å². The van der Waals surface area contributed by atoms with Crippen LogP contribution >= 0.6 is 23.2 Å². The van der Waals surface area contributed by atoms with Crippen LogP contribution in [0.15, 0.2) is 36.4 Å². The summed E-state index contributed by atoms with van der Waals surface area (Å²) in [6, 6.07) is 6.87. The van der Waals surface area contributed by atoms with E-state index < -0.39 is 29.3 Å². The fourth-order valence-electron chi connectivity index (χ4n) is 2.42. The number of benzene rings is 2. The number of hydrogen-bond acceptors (Lipinski definition) is 5. The van der Waals surface area contributed by atoms with Gasteiger partial charge in [-0.2, -0.15) is 0 Å². The molecule has 10 heteroatoms. The lowest BCUT2D eigenvalue weighted by atomic mass is 10.0. The van der Waals surface area contributed by atoms with Crippen LogP contribution in [0.2, 0.25) is 10.0 Å². The first-order valence-corrected chi connectivity index (χ1v) is 8.28. The second-order valence-electron chi connectivity index (χ2n) is 5.43. The summed E-state index contributed by atoms with van der Waals surface area (Å²) in [5, 5.41) is 23.1. The Morgan fingerprint density at radius 2 is 1.96 bits per heavy atom. The van der Waals surface area contributed by atoms with Gasteiger partial charge < -0.3 is 15.2 Å². The molecule has 0 aliphatic carbocycles. The highest BCUT2D eigenvalue weighted by molar-refractivity contribution is 6.31. The number of non-ortho nitro benzene ring substituents is 1. The molecule has 0 bridgehead atoms. The zero-order valence-electron chi connectivity index (χ0n) is 13.9. The number of carboxylic acid groups (broad SMARTS) is 1. The molecule has 142 valence electrons. The number of aliphatic carboxylic acids is 1. The van der Waals surface area contributed by atoms with Crippen LogP contribution in [-0.4, -0.2) is 29.0 Å². The van der Waals surface area contributed by atoms with Crippen molar-refractivity contribution in [1.82, 2.24) is 5.32 Å². The fourth-order valence-corrected chi connectivity index (χ4v) is 2.84. The van der Waals surface area contributed by atoms with Crippen molar-refractivity contribution in [3.05, 3.63) is 67.7 Å². The van der Waals surface area contributed by atoms with Crippen molar-refractivity contribution in [2.75, 3.05) is 7.11 Å². The number of carbonyl (C=O) groups excluding carboxylic acids is 1. The standard InChI is InChI=1S/C17H14Cl2N2O6/c1-27-15-5-2-9(18)6-12(15)17(24)20-14(8-16(22)23)11-7-10(21(25)26)3-4-13(11)19/h2-7,14H,8H2,1H3,(H,20,24)(H,22,23). The molecule has 0 saturated carbocycles. The predicted molar refractivity (Wildman–Crippen MR) is 98.6 cm³/mol. The highest BCUT2D eigenvalue weighted by Crippen LogP contribution is 2.30. The summed E-state index contributed by atoms with van der Waals surface area (Å²) in [6.45, 7) is 0. The first-order valence-electron chi connectivity index (χ1n) is 7.53. The summed E-state index contributed by atoms with van der Waals surface area (Å²) in [7, 11) is 1.37. The SMILES string of the molecule is COc1ccc(Cl)cc1C(=O)NC(CC(=O)O)c1cc([N+](=O)[O-])ccc1Cl.